The molecule has 8 heteroatoms. The van der Waals surface area contributed by atoms with Gasteiger partial charge >= 0.3 is 6.18 Å². The Morgan fingerprint density at radius 3 is 2.39 bits per heavy atom. The molecule has 1 aliphatic rings. The minimum Gasteiger partial charge on any atom is -0.369 e. The molecular weight excluding hydrogens is 311 g/mol. The molecule has 2 amide bonds. The van der Waals surface area contributed by atoms with Gasteiger partial charge in [0.15, 0.2) is 0 Å². The number of carbonyl (C=O) groups is 2. The van der Waals surface area contributed by atoms with Crippen LogP contribution in [0.1, 0.15) is 28.8 Å². The number of nitrogens with one attached hydrogen (secondary N) is 1. The summed E-state index contributed by atoms with van der Waals surface area (Å²) in [5.41, 5.74) is 3.80. The van der Waals surface area contributed by atoms with Gasteiger partial charge in [-0.15, -0.1) is 0 Å². The first-order chi connectivity index (χ1) is 10.8. The number of amides is 2. The lowest BCUT2D eigenvalue weighted by Gasteiger charge is -2.31. The average Bonchev–Trinajstić information content (AvgIpc) is 2.48. The van der Waals surface area contributed by atoms with Gasteiger partial charge in [0.25, 0.3) is 5.91 Å². The standard InChI is InChI=1S/C15H18F3N3O2/c16-15(17,18)12-4-2-1-3-11(12)14(23)20-10-5-7-21(8-6-10)9-13(19)22/h1-4,10H,5-9H2,(H2,19,22)(H,20,23). The van der Waals surface area contributed by atoms with Crippen LogP contribution in [0.3, 0.4) is 0 Å². The molecule has 1 heterocycles. The van der Waals surface area contributed by atoms with Crippen LogP contribution in [-0.4, -0.2) is 42.4 Å². The number of hydrogen-bond donors (Lipinski definition) is 2. The van der Waals surface area contributed by atoms with Crippen LogP contribution in [0.15, 0.2) is 24.3 Å². The summed E-state index contributed by atoms with van der Waals surface area (Å²) in [6, 6.07) is 4.50. The van der Waals surface area contributed by atoms with Gasteiger partial charge in [0.1, 0.15) is 0 Å². The molecule has 1 aromatic rings. The van der Waals surface area contributed by atoms with Gasteiger partial charge in [-0.05, 0) is 25.0 Å². The van der Waals surface area contributed by atoms with Crippen molar-refractivity contribution in [1.29, 1.82) is 0 Å². The maximum atomic E-state index is 12.9. The van der Waals surface area contributed by atoms with Crippen molar-refractivity contribution in [2.45, 2.75) is 25.1 Å². The predicted octanol–water partition coefficient (Wildman–Crippen LogP) is 1.38. The number of rotatable bonds is 4. The third-order valence-corrected chi connectivity index (χ3v) is 3.78. The van der Waals surface area contributed by atoms with Crippen molar-refractivity contribution in [2.75, 3.05) is 19.6 Å². The SMILES string of the molecule is NC(=O)CN1CCC(NC(=O)c2ccccc2C(F)(F)F)CC1. The average molecular weight is 329 g/mol. The second kappa shape index (κ2) is 6.99. The zero-order chi connectivity index (χ0) is 17.0. The maximum Gasteiger partial charge on any atom is 0.417 e. The Balaban J connectivity index is 1.98. The second-order valence-corrected chi connectivity index (χ2v) is 5.53. The van der Waals surface area contributed by atoms with Gasteiger partial charge in [0.05, 0.1) is 17.7 Å². The van der Waals surface area contributed by atoms with Crippen LogP contribution in [0.4, 0.5) is 13.2 Å². The molecule has 0 bridgehead atoms. The van der Waals surface area contributed by atoms with Crippen molar-refractivity contribution in [3.63, 3.8) is 0 Å². The molecule has 3 N–H and O–H groups in total. The van der Waals surface area contributed by atoms with E-state index >= 15 is 0 Å². The van der Waals surface area contributed by atoms with Crippen LogP contribution >= 0.6 is 0 Å². The summed E-state index contributed by atoms with van der Waals surface area (Å²) in [7, 11) is 0. The van der Waals surface area contributed by atoms with E-state index in [0.717, 1.165) is 6.07 Å². The van der Waals surface area contributed by atoms with Crippen LogP contribution in [-0.2, 0) is 11.0 Å². The Kier molecular flexibility index (Phi) is 5.25. The largest absolute Gasteiger partial charge is 0.417 e. The van der Waals surface area contributed by atoms with E-state index in [0.29, 0.717) is 25.9 Å². The zero-order valence-electron chi connectivity index (χ0n) is 12.4. The Labute approximate surface area is 131 Å². The summed E-state index contributed by atoms with van der Waals surface area (Å²) in [5.74, 6) is -1.15. The Hall–Kier alpha value is -2.09. The van der Waals surface area contributed by atoms with Crippen molar-refractivity contribution < 1.29 is 22.8 Å². The molecule has 0 radical (unpaired) electrons. The molecule has 126 valence electrons. The quantitative estimate of drug-likeness (QED) is 0.876. The summed E-state index contributed by atoms with van der Waals surface area (Å²) in [6.07, 6.45) is -3.45. The molecule has 0 saturated carbocycles. The van der Waals surface area contributed by atoms with Gasteiger partial charge in [0, 0.05) is 19.1 Å². The first kappa shape index (κ1) is 17.3. The lowest BCUT2D eigenvalue weighted by molar-refractivity contribution is -0.138. The first-order valence-electron chi connectivity index (χ1n) is 7.25. The molecule has 0 aliphatic carbocycles. The summed E-state index contributed by atoms with van der Waals surface area (Å²) in [6.45, 7) is 1.28. The number of carbonyl (C=O) groups excluding carboxylic acids is 2. The van der Waals surface area contributed by atoms with E-state index in [-0.39, 0.29) is 18.2 Å². The molecule has 1 aliphatic heterocycles. The molecule has 0 atom stereocenters. The fourth-order valence-corrected chi connectivity index (χ4v) is 2.65. The lowest BCUT2D eigenvalue weighted by atomic mass is 10.0. The smallest absolute Gasteiger partial charge is 0.369 e. The molecule has 0 unspecified atom stereocenters. The number of nitrogens with two attached hydrogens (primary N) is 1. The number of likely N-dealkylation sites (tertiary alicyclic amines) is 1. The predicted molar refractivity (Wildman–Crippen MR) is 77.6 cm³/mol. The van der Waals surface area contributed by atoms with E-state index in [9.17, 15) is 22.8 Å². The van der Waals surface area contributed by atoms with Crippen molar-refractivity contribution >= 4 is 11.8 Å². The van der Waals surface area contributed by atoms with E-state index in [1.165, 1.54) is 18.2 Å². The van der Waals surface area contributed by atoms with Crippen LogP contribution in [0.25, 0.3) is 0 Å². The molecule has 0 aromatic heterocycles. The van der Waals surface area contributed by atoms with Gasteiger partial charge in [-0.3, -0.25) is 14.5 Å². The molecule has 0 spiro atoms. The van der Waals surface area contributed by atoms with Crippen LogP contribution in [0, 0.1) is 0 Å². The van der Waals surface area contributed by atoms with Gasteiger partial charge in [-0.25, -0.2) is 0 Å². The summed E-state index contributed by atoms with van der Waals surface area (Å²) < 4.78 is 38.8. The number of nitrogens with zero attached hydrogens (tertiary/aromatic N) is 1. The van der Waals surface area contributed by atoms with Crippen molar-refractivity contribution in [3.8, 4) is 0 Å². The number of benzene rings is 1. The highest BCUT2D eigenvalue weighted by Crippen LogP contribution is 2.31. The number of alkyl halides is 3. The van der Waals surface area contributed by atoms with Gasteiger partial charge in [0.2, 0.25) is 5.91 Å². The van der Waals surface area contributed by atoms with E-state index in [1.54, 1.807) is 0 Å². The minimum atomic E-state index is -4.57. The van der Waals surface area contributed by atoms with Crippen LogP contribution in [0.5, 0.6) is 0 Å². The van der Waals surface area contributed by atoms with Gasteiger partial charge in [-0.1, -0.05) is 12.1 Å². The fraction of sp³-hybridized carbons (Fsp3) is 0.467. The Morgan fingerprint density at radius 2 is 1.83 bits per heavy atom. The van der Waals surface area contributed by atoms with E-state index in [4.69, 9.17) is 5.73 Å². The van der Waals surface area contributed by atoms with E-state index in [2.05, 4.69) is 5.32 Å². The Bertz CT molecular complexity index is 582. The molecule has 1 saturated heterocycles. The number of hydrogen-bond acceptors (Lipinski definition) is 3. The molecule has 2 rings (SSSR count). The maximum absolute atomic E-state index is 12.9. The highest BCUT2D eigenvalue weighted by molar-refractivity contribution is 5.96. The normalized spacial score (nSPS) is 17.0. The number of halogens is 3. The monoisotopic (exact) mass is 329 g/mol. The highest BCUT2D eigenvalue weighted by Gasteiger charge is 2.35. The third-order valence-electron chi connectivity index (χ3n) is 3.78. The lowest BCUT2D eigenvalue weighted by Crippen LogP contribution is -2.46. The van der Waals surface area contributed by atoms with Crippen LogP contribution in [0.2, 0.25) is 0 Å². The number of piperidine rings is 1. The molecule has 5 nitrogen and oxygen atoms in total. The van der Waals surface area contributed by atoms with Gasteiger partial charge < -0.3 is 11.1 Å². The van der Waals surface area contributed by atoms with Crippen molar-refractivity contribution in [2.24, 2.45) is 5.73 Å². The minimum absolute atomic E-state index is 0.150. The van der Waals surface area contributed by atoms with Gasteiger partial charge in [-0.2, -0.15) is 13.2 Å². The summed E-state index contributed by atoms with van der Waals surface area (Å²) in [5, 5.41) is 2.64. The Morgan fingerprint density at radius 1 is 1.22 bits per heavy atom. The number of primary amides is 1. The first-order valence-corrected chi connectivity index (χ1v) is 7.25. The molecule has 1 aromatic carbocycles. The van der Waals surface area contributed by atoms with E-state index in [1.807, 2.05) is 4.90 Å². The highest BCUT2D eigenvalue weighted by atomic mass is 19.4. The zero-order valence-corrected chi connectivity index (χ0v) is 12.4. The van der Waals surface area contributed by atoms with Crippen LogP contribution < -0.4 is 11.1 Å². The third kappa shape index (κ3) is 4.69. The molecular formula is C15H18F3N3O2. The van der Waals surface area contributed by atoms with Crippen molar-refractivity contribution in [3.05, 3.63) is 35.4 Å². The molecule has 1 fully saturated rings. The fourth-order valence-electron chi connectivity index (χ4n) is 2.65. The van der Waals surface area contributed by atoms with E-state index < -0.39 is 23.6 Å². The second-order valence-electron chi connectivity index (χ2n) is 5.53. The van der Waals surface area contributed by atoms with Crippen molar-refractivity contribution in [1.82, 2.24) is 10.2 Å². The molecule has 23 heavy (non-hydrogen) atoms. The summed E-state index contributed by atoms with van der Waals surface area (Å²) in [4.78, 5) is 24.8. The summed E-state index contributed by atoms with van der Waals surface area (Å²) >= 11 is 0. The topological polar surface area (TPSA) is 75.4 Å².